The lowest BCUT2D eigenvalue weighted by atomic mass is 9.97. The Morgan fingerprint density at radius 2 is 2.00 bits per heavy atom. The van der Waals surface area contributed by atoms with Crippen LogP contribution in [0.25, 0.3) is 0 Å². The molecule has 2 aliphatic heterocycles. The largest absolute Gasteiger partial charge is 0.472 e. The topological polar surface area (TPSA) is 50.8 Å². The molecule has 0 spiro atoms. The number of likely N-dealkylation sites (N-methyl/N-ethyl adjacent to an activating group) is 1. The molecule has 0 radical (unpaired) electrons. The molecule has 3 aliphatic rings. The van der Waals surface area contributed by atoms with E-state index in [1.165, 1.54) is 6.42 Å². The van der Waals surface area contributed by atoms with Crippen molar-refractivity contribution in [1.82, 2.24) is 0 Å². The van der Waals surface area contributed by atoms with Crippen molar-refractivity contribution >= 4 is 17.3 Å². The van der Waals surface area contributed by atoms with E-state index in [0.717, 1.165) is 37.1 Å². The fraction of sp³-hybridized carbons (Fsp3) is 0.526. The summed E-state index contributed by atoms with van der Waals surface area (Å²) in [5.41, 5.74) is 2.72. The van der Waals surface area contributed by atoms with Crippen molar-refractivity contribution in [2.45, 2.75) is 57.4 Å². The Morgan fingerprint density at radius 1 is 1.25 bits per heavy atom. The Kier molecular flexibility index (Phi) is 3.87. The summed E-state index contributed by atoms with van der Waals surface area (Å²) < 4.78 is 11.8. The first-order chi connectivity index (χ1) is 11.6. The number of carbonyl (C=O) groups is 1. The van der Waals surface area contributed by atoms with Crippen LogP contribution in [0.1, 0.15) is 39.0 Å². The molecule has 0 saturated heterocycles. The third-order valence-electron chi connectivity index (χ3n) is 5.30. The molecule has 1 fully saturated rings. The van der Waals surface area contributed by atoms with Gasteiger partial charge in [-0.25, -0.2) is 4.79 Å². The normalized spacial score (nSPS) is 26.3. The van der Waals surface area contributed by atoms with Gasteiger partial charge in [0.2, 0.25) is 0 Å². The zero-order chi connectivity index (χ0) is 16.7. The molecular formula is C19H24N2O3. The molecule has 1 saturated carbocycles. The molecule has 2 unspecified atom stereocenters. The minimum atomic E-state index is -0.229. The van der Waals surface area contributed by atoms with Gasteiger partial charge >= 0.3 is 5.97 Å². The van der Waals surface area contributed by atoms with E-state index in [-0.39, 0.29) is 24.3 Å². The zero-order valence-corrected chi connectivity index (χ0v) is 14.2. The number of para-hydroxylation sites is 2. The number of benzene rings is 1. The molecule has 1 aromatic carbocycles. The van der Waals surface area contributed by atoms with Crippen LogP contribution < -0.4 is 10.2 Å². The van der Waals surface area contributed by atoms with Crippen molar-refractivity contribution in [3.05, 3.63) is 35.6 Å². The molecule has 0 amide bonds. The van der Waals surface area contributed by atoms with E-state index in [0.29, 0.717) is 11.3 Å². The highest BCUT2D eigenvalue weighted by Crippen LogP contribution is 2.40. The molecule has 4 rings (SSSR count). The summed E-state index contributed by atoms with van der Waals surface area (Å²) in [6.07, 6.45) is 5.33. The summed E-state index contributed by atoms with van der Waals surface area (Å²) in [5.74, 6) is 0.435. The van der Waals surface area contributed by atoms with Gasteiger partial charge in [-0.05, 0) is 44.7 Å². The fourth-order valence-electron chi connectivity index (χ4n) is 4.00. The van der Waals surface area contributed by atoms with Gasteiger partial charge in [0.15, 0.2) is 6.23 Å². The van der Waals surface area contributed by atoms with Crippen LogP contribution >= 0.6 is 0 Å². The van der Waals surface area contributed by atoms with Crippen LogP contribution in [0.5, 0.6) is 0 Å². The van der Waals surface area contributed by atoms with Crippen molar-refractivity contribution in [2.75, 3.05) is 17.3 Å². The average Bonchev–Trinajstić information content (AvgIpc) is 2.92. The number of anilines is 2. The van der Waals surface area contributed by atoms with Gasteiger partial charge in [0.1, 0.15) is 23.5 Å². The fourth-order valence-corrected chi connectivity index (χ4v) is 4.00. The highest BCUT2D eigenvalue weighted by atomic mass is 16.6. The van der Waals surface area contributed by atoms with Gasteiger partial charge in [-0.2, -0.15) is 0 Å². The van der Waals surface area contributed by atoms with Crippen molar-refractivity contribution < 1.29 is 14.3 Å². The molecule has 0 aromatic heterocycles. The number of hydrogen-bond donors (Lipinski definition) is 1. The van der Waals surface area contributed by atoms with Crippen LogP contribution in [0.4, 0.5) is 11.4 Å². The van der Waals surface area contributed by atoms with Gasteiger partial charge in [0.05, 0.1) is 11.4 Å². The van der Waals surface area contributed by atoms with E-state index in [1.54, 1.807) is 0 Å². The van der Waals surface area contributed by atoms with E-state index in [4.69, 9.17) is 9.47 Å². The SMILES string of the molecule is CC1=C(C(=O)OC2CCCCC2)C2Nc3ccccc3N(C)C2O1. The smallest absolute Gasteiger partial charge is 0.340 e. The number of allylic oxidation sites excluding steroid dienone is 1. The Bertz CT molecular complexity index is 679. The third-order valence-corrected chi connectivity index (χ3v) is 5.30. The number of ether oxygens (including phenoxy) is 2. The Labute approximate surface area is 142 Å². The van der Waals surface area contributed by atoms with Crippen LogP contribution in [0.3, 0.4) is 0 Å². The average molecular weight is 328 g/mol. The molecule has 2 atom stereocenters. The second-order valence-corrected chi connectivity index (χ2v) is 6.89. The van der Waals surface area contributed by atoms with E-state index >= 15 is 0 Å². The lowest BCUT2D eigenvalue weighted by molar-refractivity contribution is -0.145. The first-order valence-corrected chi connectivity index (χ1v) is 8.82. The predicted octanol–water partition coefficient (Wildman–Crippen LogP) is 3.42. The van der Waals surface area contributed by atoms with Crippen LogP contribution in [0, 0.1) is 0 Å². The monoisotopic (exact) mass is 328 g/mol. The van der Waals surface area contributed by atoms with Gasteiger partial charge < -0.3 is 19.7 Å². The molecule has 1 aromatic rings. The van der Waals surface area contributed by atoms with Crippen LogP contribution in [0.15, 0.2) is 35.6 Å². The Balaban J connectivity index is 1.56. The third kappa shape index (κ3) is 2.52. The number of nitrogens with one attached hydrogen (secondary N) is 1. The summed E-state index contributed by atoms with van der Waals surface area (Å²) in [6, 6.07) is 7.88. The second-order valence-electron chi connectivity index (χ2n) is 6.89. The molecular weight excluding hydrogens is 304 g/mol. The van der Waals surface area contributed by atoms with Gasteiger partial charge in [-0.1, -0.05) is 18.6 Å². The summed E-state index contributed by atoms with van der Waals surface area (Å²) in [4.78, 5) is 14.9. The van der Waals surface area contributed by atoms with Crippen LogP contribution in [0.2, 0.25) is 0 Å². The van der Waals surface area contributed by atoms with E-state index in [9.17, 15) is 4.79 Å². The highest BCUT2D eigenvalue weighted by Gasteiger charge is 2.45. The first kappa shape index (κ1) is 15.4. The van der Waals surface area contributed by atoms with Crippen molar-refractivity contribution in [3.8, 4) is 0 Å². The molecule has 1 aliphatic carbocycles. The lowest BCUT2D eigenvalue weighted by Crippen LogP contribution is -2.49. The maximum absolute atomic E-state index is 12.8. The number of esters is 1. The van der Waals surface area contributed by atoms with E-state index < -0.39 is 0 Å². The summed E-state index contributed by atoms with van der Waals surface area (Å²) in [5, 5.41) is 3.46. The number of rotatable bonds is 2. The maximum Gasteiger partial charge on any atom is 0.340 e. The summed E-state index contributed by atoms with van der Waals surface area (Å²) in [7, 11) is 2.00. The van der Waals surface area contributed by atoms with Gasteiger partial charge in [-0.3, -0.25) is 0 Å². The number of carbonyl (C=O) groups excluding carboxylic acids is 1. The Morgan fingerprint density at radius 3 is 2.79 bits per heavy atom. The quantitative estimate of drug-likeness (QED) is 0.843. The summed E-state index contributed by atoms with van der Waals surface area (Å²) >= 11 is 0. The standard InChI is InChI=1S/C19H24N2O3/c1-12-16(19(22)24-13-8-4-3-5-9-13)17-18(23-12)21(2)15-11-7-6-10-14(15)20-17/h6-7,10-11,13,17-18,20H,3-5,8-9H2,1-2H3. The molecule has 128 valence electrons. The second kappa shape index (κ2) is 6.04. The van der Waals surface area contributed by atoms with Gasteiger partial charge in [0.25, 0.3) is 0 Å². The van der Waals surface area contributed by atoms with Crippen molar-refractivity contribution in [2.24, 2.45) is 0 Å². The van der Waals surface area contributed by atoms with E-state index in [1.807, 2.05) is 32.2 Å². The number of hydrogen-bond acceptors (Lipinski definition) is 5. The number of fused-ring (bicyclic) bond motifs is 2. The van der Waals surface area contributed by atoms with Crippen LogP contribution in [-0.2, 0) is 14.3 Å². The Hall–Kier alpha value is -2.17. The van der Waals surface area contributed by atoms with Crippen molar-refractivity contribution in [1.29, 1.82) is 0 Å². The molecule has 2 heterocycles. The first-order valence-electron chi connectivity index (χ1n) is 8.82. The van der Waals surface area contributed by atoms with Crippen LogP contribution in [-0.4, -0.2) is 31.4 Å². The van der Waals surface area contributed by atoms with Crippen molar-refractivity contribution in [3.63, 3.8) is 0 Å². The molecule has 24 heavy (non-hydrogen) atoms. The molecule has 5 nitrogen and oxygen atoms in total. The molecule has 5 heteroatoms. The maximum atomic E-state index is 12.8. The minimum absolute atomic E-state index is 0.0548. The zero-order valence-electron chi connectivity index (χ0n) is 14.2. The minimum Gasteiger partial charge on any atom is -0.472 e. The van der Waals surface area contributed by atoms with Gasteiger partial charge in [0, 0.05) is 7.05 Å². The van der Waals surface area contributed by atoms with E-state index in [2.05, 4.69) is 16.3 Å². The molecule has 0 bridgehead atoms. The number of nitrogens with zero attached hydrogens (tertiary/aromatic N) is 1. The lowest BCUT2D eigenvalue weighted by Gasteiger charge is -2.38. The molecule has 1 N–H and O–H groups in total. The summed E-state index contributed by atoms with van der Waals surface area (Å²) in [6.45, 7) is 1.86. The highest BCUT2D eigenvalue weighted by molar-refractivity contribution is 5.93. The van der Waals surface area contributed by atoms with Gasteiger partial charge in [-0.15, -0.1) is 0 Å². The predicted molar refractivity (Wildman–Crippen MR) is 92.8 cm³/mol.